The molecule has 2 aromatic rings. The molecule has 0 unspecified atom stereocenters. The van der Waals surface area contributed by atoms with Gasteiger partial charge in [0, 0.05) is 25.0 Å². The molecule has 96 valence electrons. The van der Waals surface area contributed by atoms with Crippen molar-refractivity contribution < 1.29 is 9.13 Å². The van der Waals surface area contributed by atoms with Crippen molar-refractivity contribution in [3.63, 3.8) is 0 Å². The maximum atomic E-state index is 13.3. The fourth-order valence-electron chi connectivity index (χ4n) is 1.52. The van der Waals surface area contributed by atoms with Crippen LogP contribution in [0.15, 0.2) is 35.3 Å². The second kappa shape index (κ2) is 5.86. The largest absolute Gasteiger partial charge is 0.491 e. The van der Waals surface area contributed by atoms with Crippen LogP contribution >= 0.6 is 15.9 Å². The van der Waals surface area contributed by atoms with Crippen LogP contribution in [0.25, 0.3) is 0 Å². The maximum Gasteiger partial charge on any atom is 0.145 e. The van der Waals surface area contributed by atoms with Crippen molar-refractivity contribution in [2.24, 2.45) is 0 Å². The molecule has 6 heteroatoms. The highest BCUT2D eigenvalue weighted by Gasteiger charge is 2.06. The number of ether oxygens (including phenoxy) is 1. The molecule has 0 spiro atoms. The molecule has 0 saturated heterocycles. The summed E-state index contributed by atoms with van der Waals surface area (Å²) in [4.78, 5) is 3.94. The lowest BCUT2D eigenvalue weighted by molar-refractivity contribution is 0.302. The van der Waals surface area contributed by atoms with Crippen LogP contribution in [0.2, 0.25) is 0 Å². The van der Waals surface area contributed by atoms with Crippen LogP contribution in [0.3, 0.4) is 0 Å². The number of nitrogen functional groups attached to an aromatic ring is 1. The lowest BCUT2D eigenvalue weighted by Crippen LogP contribution is -2.05. The molecule has 0 aliphatic heterocycles. The lowest BCUT2D eigenvalue weighted by Gasteiger charge is -2.10. The van der Waals surface area contributed by atoms with E-state index in [1.54, 1.807) is 12.5 Å². The van der Waals surface area contributed by atoms with E-state index < -0.39 is 0 Å². The van der Waals surface area contributed by atoms with Gasteiger partial charge in [0.15, 0.2) is 0 Å². The van der Waals surface area contributed by atoms with Crippen LogP contribution in [-0.4, -0.2) is 16.2 Å². The van der Waals surface area contributed by atoms with Gasteiger partial charge in [0.1, 0.15) is 11.6 Å². The Hall–Kier alpha value is -1.56. The summed E-state index contributed by atoms with van der Waals surface area (Å²) >= 11 is 3.07. The third kappa shape index (κ3) is 3.22. The average molecular weight is 314 g/mol. The van der Waals surface area contributed by atoms with Crippen LogP contribution < -0.4 is 10.5 Å². The van der Waals surface area contributed by atoms with Gasteiger partial charge in [-0.05, 0) is 28.4 Å². The normalized spacial score (nSPS) is 10.6. The Balaban J connectivity index is 1.85. The summed E-state index contributed by atoms with van der Waals surface area (Å²) in [6.07, 6.45) is 6.15. The standard InChI is InChI=1S/C12H13BrFN3O/c13-9-6-11(15)12(7-10(9)14)18-5-1-3-17-4-2-16-8-17/h2,4,6-8H,1,3,5,15H2. The first kappa shape index (κ1) is 12.9. The number of halogens is 2. The molecule has 0 bridgehead atoms. The highest BCUT2D eigenvalue weighted by atomic mass is 79.9. The first-order valence-electron chi connectivity index (χ1n) is 5.50. The van der Waals surface area contributed by atoms with Crippen molar-refractivity contribution in [3.05, 3.63) is 41.1 Å². The van der Waals surface area contributed by atoms with E-state index in [4.69, 9.17) is 10.5 Å². The molecule has 1 aromatic heterocycles. The number of aromatic nitrogens is 2. The van der Waals surface area contributed by atoms with Gasteiger partial charge in [0.2, 0.25) is 0 Å². The Morgan fingerprint density at radius 3 is 3.00 bits per heavy atom. The van der Waals surface area contributed by atoms with Crippen LogP contribution in [0, 0.1) is 5.82 Å². The fourth-order valence-corrected chi connectivity index (χ4v) is 1.88. The van der Waals surface area contributed by atoms with Crippen molar-refractivity contribution in [2.45, 2.75) is 13.0 Å². The van der Waals surface area contributed by atoms with E-state index in [2.05, 4.69) is 20.9 Å². The minimum absolute atomic E-state index is 0.339. The van der Waals surface area contributed by atoms with Gasteiger partial charge in [-0.3, -0.25) is 0 Å². The Morgan fingerprint density at radius 1 is 1.44 bits per heavy atom. The smallest absolute Gasteiger partial charge is 0.145 e. The summed E-state index contributed by atoms with van der Waals surface area (Å²) in [7, 11) is 0. The first-order valence-corrected chi connectivity index (χ1v) is 6.29. The summed E-state index contributed by atoms with van der Waals surface area (Å²) < 4.78 is 21.0. The second-order valence-corrected chi connectivity index (χ2v) is 4.66. The zero-order valence-corrected chi connectivity index (χ0v) is 11.2. The first-order chi connectivity index (χ1) is 8.66. The van der Waals surface area contributed by atoms with Gasteiger partial charge in [-0.1, -0.05) is 0 Å². The molecule has 4 nitrogen and oxygen atoms in total. The third-order valence-electron chi connectivity index (χ3n) is 2.43. The zero-order chi connectivity index (χ0) is 13.0. The van der Waals surface area contributed by atoms with Gasteiger partial charge in [-0.25, -0.2) is 9.37 Å². The SMILES string of the molecule is Nc1cc(Br)c(F)cc1OCCCn1ccnc1. The fraction of sp³-hybridized carbons (Fsp3) is 0.250. The van der Waals surface area contributed by atoms with Gasteiger partial charge in [0.25, 0.3) is 0 Å². The van der Waals surface area contributed by atoms with Gasteiger partial charge in [-0.2, -0.15) is 0 Å². The lowest BCUT2D eigenvalue weighted by atomic mass is 10.3. The van der Waals surface area contributed by atoms with Crippen molar-refractivity contribution in [1.29, 1.82) is 0 Å². The number of rotatable bonds is 5. The predicted molar refractivity (Wildman–Crippen MR) is 70.9 cm³/mol. The zero-order valence-electron chi connectivity index (χ0n) is 9.64. The molecular formula is C12H13BrFN3O. The summed E-state index contributed by atoms with van der Waals surface area (Å²) in [5.41, 5.74) is 6.15. The molecule has 18 heavy (non-hydrogen) atoms. The number of nitrogens with zero attached hydrogens (tertiary/aromatic N) is 2. The van der Waals surface area contributed by atoms with Crippen LogP contribution in [0.1, 0.15) is 6.42 Å². The predicted octanol–water partition coefficient (Wildman–Crippen LogP) is 2.84. The highest BCUT2D eigenvalue weighted by molar-refractivity contribution is 9.10. The topological polar surface area (TPSA) is 53.1 Å². The number of aryl methyl sites for hydroxylation is 1. The molecule has 1 heterocycles. The highest BCUT2D eigenvalue weighted by Crippen LogP contribution is 2.28. The van der Waals surface area contributed by atoms with E-state index >= 15 is 0 Å². The number of anilines is 1. The Morgan fingerprint density at radius 2 is 2.28 bits per heavy atom. The summed E-state index contributed by atoms with van der Waals surface area (Å²) in [5, 5.41) is 0. The van der Waals surface area contributed by atoms with Gasteiger partial charge in [0.05, 0.1) is 23.1 Å². The van der Waals surface area contributed by atoms with Crippen molar-refractivity contribution in [1.82, 2.24) is 9.55 Å². The quantitative estimate of drug-likeness (QED) is 0.682. The van der Waals surface area contributed by atoms with Gasteiger partial charge in [-0.15, -0.1) is 0 Å². The number of benzene rings is 1. The minimum atomic E-state index is -0.381. The van der Waals surface area contributed by atoms with E-state index in [-0.39, 0.29) is 5.82 Å². The molecule has 0 fully saturated rings. The molecule has 0 aliphatic carbocycles. The van der Waals surface area contributed by atoms with Crippen LogP contribution in [0.4, 0.5) is 10.1 Å². The Labute approximate surface area is 113 Å². The molecule has 0 atom stereocenters. The number of hydrogen-bond acceptors (Lipinski definition) is 3. The molecule has 2 N–H and O–H groups in total. The summed E-state index contributed by atoms with van der Waals surface area (Å²) in [6, 6.07) is 2.79. The van der Waals surface area contributed by atoms with Crippen molar-refractivity contribution in [3.8, 4) is 5.75 Å². The van der Waals surface area contributed by atoms with E-state index in [0.29, 0.717) is 22.5 Å². The summed E-state index contributed by atoms with van der Waals surface area (Å²) in [6.45, 7) is 1.28. The van der Waals surface area contributed by atoms with Gasteiger partial charge >= 0.3 is 0 Å². The molecule has 1 aromatic carbocycles. The molecule has 2 rings (SSSR count). The molecule has 0 aliphatic rings. The minimum Gasteiger partial charge on any atom is -0.491 e. The molecular weight excluding hydrogens is 301 g/mol. The van der Waals surface area contributed by atoms with E-state index in [1.165, 1.54) is 12.1 Å². The Kier molecular flexibility index (Phi) is 4.19. The number of nitrogens with two attached hydrogens (primary N) is 1. The molecule has 0 amide bonds. The summed E-state index contributed by atoms with van der Waals surface area (Å²) in [5.74, 6) is -0.00450. The van der Waals surface area contributed by atoms with Crippen LogP contribution in [0.5, 0.6) is 5.75 Å². The van der Waals surface area contributed by atoms with Crippen molar-refractivity contribution in [2.75, 3.05) is 12.3 Å². The van der Waals surface area contributed by atoms with E-state index in [1.807, 2.05) is 10.8 Å². The monoisotopic (exact) mass is 313 g/mol. The second-order valence-electron chi connectivity index (χ2n) is 3.81. The molecule has 0 saturated carbocycles. The van der Waals surface area contributed by atoms with E-state index in [0.717, 1.165) is 13.0 Å². The number of hydrogen-bond donors (Lipinski definition) is 1. The number of imidazole rings is 1. The third-order valence-corrected chi connectivity index (χ3v) is 3.04. The average Bonchev–Trinajstić information content (AvgIpc) is 2.84. The van der Waals surface area contributed by atoms with Gasteiger partial charge < -0.3 is 15.0 Å². The van der Waals surface area contributed by atoms with Crippen LogP contribution in [-0.2, 0) is 6.54 Å². The Bertz CT molecular complexity index is 516. The van der Waals surface area contributed by atoms with E-state index in [9.17, 15) is 4.39 Å². The van der Waals surface area contributed by atoms with Crippen molar-refractivity contribution >= 4 is 21.6 Å². The molecule has 0 radical (unpaired) electrons. The maximum absolute atomic E-state index is 13.3.